The van der Waals surface area contributed by atoms with Crippen LogP contribution in [0.3, 0.4) is 0 Å². The van der Waals surface area contributed by atoms with Crippen LogP contribution in [0.5, 0.6) is 0 Å². The van der Waals surface area contributed by atoms with E-state index >= 15 is 0 Å². The van der Waals surface area contributed by atoms with Gasteiger partial charge in [-0.25, -0.2) is 0 Å². The molecular weight excluding hydrogens is 403 g/mol. The number of rotatable bonds is 15. The van der Waals surface area contributed by atoms with Gasteiger partial charge in [-0.05, 0) is 25.7 Å². The average Bonchev–Trinajstić information content (AvgIpc) is 2.47. The first-order chi connectivity index (χ1) is 11.2. The molecule has 0 aliphatic carbocycles. The zero-order valence-electron chi connectivity index (χ0n) is 14.6. The minimum absolute atomic E-state index is 0. The minimum atomic E-state index is -1.28. The molecule has 0 spiro atoms. The van der Waals surface area contributed by atoms with Gasteiger partial charge >= 0.3 is 46.6 Å². The van der Waals surface area contributed by atoms with Crippen molar-refractivity contribution in [2.24, 2.45) is 0 Å². The van der Waals surface area contributed by atoms with Gasteiger partial charge in [0, 0.05) is 63.1 Å². The standard InChI is InChI=1S/C14H24N2O8.Fe.Na/c17-11(18)1-5-15(6-2-12(19)20)9-10-16(7-3-13(21)22)8-4-14(23)24;;/h1-10H2,(H,17,18)(H,19,20)(H,21,22)(H,23,24);;/q;+3;+1/p-4. The third kappa shape index (κ3) is 19.6. The molecule has 0 heterocycles. The molecule has 0 rings (SSSR count). The van der Waals surface area contributed by atoms with E-state index in [0.717, 1.165) is 0 Å². The second kappa shape index (κ2) is 17.7. The summed E-state index contributed by atoms with van der Waals surface area (Å²) in [6.45, 7) is 0.713. The van der Waals surface area contributed by atoms with Gasteiger partial charge in [-0.15, -0.1) is 0 Å². The van der Waals surface area contributed by atoms with Crippen LogP contribution < -0.4 is 50.0 Å². The van der Waals surface area contributed by atoms with Crippen LogP contribution in [0, 0.1) is 0 Å². The van der Waals surface area contributed by atoms with Gasteiger partial charge < -0.3 is 49.4 Å². The third-order valence-electron chi connectivity index (χ3n) is 3.26. The fraction of sp³-hybridized carbons (Fsp3) is 0.714. The SMILES string of the molecule is O=C([O-])CCN(CCC(=O)[O-])CCN(CCC(=O)[O-])CCC(=O)[O-].[Fe+3].[Na+]. The van der Waals surface area contributed by atoms with Crippen molar-refractivity contribution >= 4 is 23.9 Å². The van der Waals surface area contributed by atoms with E-state index in [2.05, 4.69) is 0 Å². The number of hydrogen-bond donors (Lipinski definition) is 0. The van der Waals surface area contributed by atoms with Gasteiger partial charge in [0.2, 0.25) is 0 Å². The van der Waals surface area contributed by atoms with Gasteiger partial charge in [0.1, 0.15) is 0 Å². The van der Waals surface area contributed by atoms with Crippen LogP contribution in [0.15, 0.2) is 0 Å². The van der Waals surface area contributed by atoms with Crippen molar-refractivity contribution in [2.75, 3.05) is 39.3 Å². The first kappa shape index (κ1) is 30.1. The Morgan fingerprint density at radius 3 is 0.846 bits per heavy atom. The summed E-state index contributed by atoms with van der Waals surface area (Å²) in [6.07, 6.45) is -1.15. The van der Waals surface area contributed by atoms with Gasteiger partial charge in [-0.3, -0.25) is 0 Å². The summed E-state index contributed by atoms with van der Waals surface area (Å²) < 4.78 is 0. The van der Waals surface area contributed by atoms with Crippen LogP contribution in [0.2, 0.25) is 0 Å². The largest absolute Gasteiger partial charge is 3.00 e. The summed E-state index contributed by atoms with van der Waals surface area (Å²) in [6, 6.07) is 0. The molecule has 26 heavy (non-hydrogen) atoms. The van der Waals surface area contributed by atoms with E-state index in [0.29, 0.717) is 0 Å². The average molecular weight is 423 g/mol. The number of nitrogens with zero attached hydrogens (tertiary/aromatic N) is 2. The van der Waals surface area contributed by atoms with E-state index < -0.39 is 23.9 Å². The van der Waals surface area contributed by atoms with Crippen molar-refractivity contribution in [3.8, 4) is 0 Å². The molecule has 1 radical (unpaired) electrons. The number of carboxylic acids is 4. The van der Waals surface area contributed by atoms with Gasteiger partial charge in [0.15, 0.2) is 0 Å². The summed E-state index contributed by atoms with van der Waals surface area (Å²) in [5.74, 6) is -5.11. The summed E-state index contributed by atoms with van der Waals surface area (Å²) in [5.41, 5.74) is 0. The zero-order chi connectivity index (χ0) is 18.5. The molecule has 0 bridgehead atoms. The normalized spacial score (nSPS) is 10.1. The number of aliphatic carboxylic acids is 4. The van der Waals surface area contributed by atoms with Crippen molar-refractivity contribution in [1.29, 1.82) is 0 Å². The van der Waals surface area contributed by atoms with Crippen molar-refractivity contribution in [3.05, 3.63) is 0 Å². The maximum absolute atomic E-state index is 10.5. The predicted octanol–water partition coefficient (Wildman–Crippen LogP) is -8.85. The van der Waals surface area contributed by atoms with E-state index in [-0.39, 0.29) is 112 Å². The maximum atomic E-state index is 10.5. The Balaban J connectivity index is -0.00000264. The van der Waals surface area contributed by atoms with Gasteiger partial charge in [0.05, 0.1) is 0 Å². The van der Waals surface area contributed by atoms with Crippen LogP contribution in [0.25, 0.3) is 0 Å². The number of hydrogen-bond acceptors (Lipinski definition) is 10. The second-order valence-corrected chi connectivity index (χ2v) is 5.17. The summed E-state index contributed by atoms with van der Waals surface area (Å²) >= 11 is 0. The first-order valence-electron chi connectivity index (χ1n) is 7.44. The number of carbonyl (C=O) groups excluding carboxylic acids is 4. The molecule has 0 aliphatic rings. The van der Waals surface area contributed by atoms with Gasteiger partial charge in [-0.2, -0.15) is 0 Å². The molecule has 0 N–H and O–H groups in total. The van der Waals surface area contributed by atoms with E-state index in [1.54, 1.807) is 9.80 Å². The Bertz CT molecular complexity index is 377. The summed E-state index contributed by atoms with van der Waals surface area (Å²) in [4.78, 5) is 45.2. The molecule has 10 nitrogen and oxygen atoms in total. The molecule has 0 fully saturated rings. The minimum Gasteiger partial charge on any atom is -0.550 e. The van der Waals surface area contributed by atoms with Crippen molar-refractivity contribution in [2.45, 2.75) is 25.7 Å². The molecule has 0 aliphatic heterocycles. The third-order valence-corrected chi connectivity index (χ3v) is 3.26. The Hall–Kier alpha value is -0.681. The fourth-order valence-corrected chi connectivity index (χ4v) is 1.95. The van der Waals surface area contributed by atoms with E-state index in [1.165, 1.54) is 0 Å². The van der Waals surface area contributed by atoms with Crippen LogP contribution >= 0.6 is 0 Å². The van der Waals surface area contributed by atoms with Crippen LogP contribution in [0.4, 0.5) is 0 Å². The molecule has 12 heteroatoms. The zero-order valence-corrected chi connectivity index (χ0v) is 17.7. The second-order valence-electron chi connectivity index (χ2n) is 5.17. The predicted molar refractivity (Wildman–Crippen MR) is 71.4 cm³/mol. The molecule has 0 saturated carbocycles. The van der Waals surface area contributed by atoms with Crippen LogP contribution in [0.1, 0.15) is 25.7 Å². The van der Waals surface area contributed by atoms with Gasteiger partial charge in [0.25, 0.3) is 0 Å². The monoisotopic (exact) mass is 423 g/mol. The Kier molecular flexibility index (Phi) is 20.5. The molecular formula is C14H20FeN2NaO8. The molecule has 0 aromatic heterocycles. The van der Waals surface area contributed by atoms with E-state index in [1.807, 2.05) is 0 Å². The molecule has 143 valence electrons. The van der Waals surface area contributed by atoms with Crippen molar-refractivity contribution in [3.63, 3.8) is 0 Å². The Morgan fingerprint density at radius 2 is 0.692 bits per heavy atom. The quantitative estimate of drug-likeness (QED) is 0.231. The molecule has 0 aromatic rings. The maximum Gasteiger partial charge on any atom is 3.00 e. The smallest absolute Gasteiger partial charge is 0.550 e. The Labute approximate surface area is 184 Å². The Morgan fingerprint density at radius 1 is 0.500 bits per heavy atom. The van der Waals surface area contributed by atoms with E-state index in [4.69, 9.17) is 0 Å². The topological polar surface area (TPSA) is 167 Å². The first-order valence-corrected chi connectivity index (χ1v) is 7.44. The van der Waals surface area contributed by atoms with Crippen LogP contribution in [-0.4, -0.2) is 72.9 Å². The van der Waals surface area contributed by atoms with Crippen molar-refractivity contribution < 1.29 is 86.2 Å². The molecule has 0 amide bonds. The number of carbonyl (C=O) groups is 4. The molecule has 0 aromatic carbocycles. The van der Waals surface area contributed by atoms with Crippen molar-refractivity contribution in [1.82, 2.24) is 9.80 Å². The molecule has 0 atom stereocenters. The number of carboxylic acid groups (broad SMARTS) is 4. The van der Waals surface area contributed by atoms with Crippen LogP contribution in [-0.2, 0) is 36.2 Å². The van der Waals surface area contributed by atoms with Gasteiger partial charge in [-0.1, -0.05) is 0 Å². The fourth-order valence-electron chi connectivity index (χ4n) is 1.95. The van der Waals surface area contributed by atoms with E-state index in [9.17, 15) is 39.6 Å². The molecule has 0 unspecified atom stereocenters. The summed E-state index contributed by atoms with van der Waals surface area (Å²) in [5, 5.41) is 42.1. The summed E-state index contributed by atoms with van der Waals surface area (Å²) in [7, 11) is 0. The molecule has 0 saturated heterocycles.